The molecular weight excluding hydrogens is 200 g/mol. The van der Waals surface area contributed by atoms with Gasteiger partial charge < -0.3 is 4.90 Å². The van der Waals surface area contributed by atoms with Crippen molar-refractivity contribution in [2.24, 2.45) is 0 Å². The Bertz CT molecular complexity index is 403. The number of aryl methyl sites for hydroxylation is 1. The molecule has 2 heterocycles. The maximum atomic E-state index is 11.6. The van der Waals surface area contributed by atoms with Gasteiger partial charge in [-0.3, -0.25) is 4.79 Å². The summed E-state index contributed by atoms with van der Waals surface area (Å²) in [6, 6.07) is 1.90. The van der Waals surface area contributed by atoms with E-state index >= 15 is 0 Å². The minimum Gasteiger partial charge on any atom is -0.373 e. The lowest BCUT2D eigenvalue weighted by Gasteiger charge is -2.27. The van der Waals surface area contributed by atoms with Crippen molar-refractivity contribution in [2.75, 3.05) is 18.5 Å². The quantitative estimate of drug-likeness (QED) is 0.615. The van der Waals surface area contributed by atoms with Gasteiger partial charge in [-0.05, 0) is 13.0 Å². The number of nitrogens with zero attached hydrogens (tertiary/aromatic N) is 2. The fourth-order valence-corrected chi connectivity index (χ4v) is 2.03. The van der Waals surface area contributed by atoms with Gasteiger partial charge in [0.2, 0.25) is 0 Å². The molecule has 0 radical (unpaired) electrons. The van der Waals surface area contributed by atoms with Crippen molar-refractivity contribution in [2.45, 2.75) is 13.3 Å². The van der Waals surface area contributed by atoms with Crippen LogP contribution in [0.25, 0.3) is 0 Å². The average Bonchev–Trinajstić information content (AvgIpc) is 2.10. The SMILES string of the molecule is Cc1cc2c(c(Cl)n1)C(=O)CCN2C. The Morgan fingerprint density at radius 2 is 2.29 bits per heavy atom. The lowest BCUT2D eigenvalue weighted by Crippen LogP contribution is -2.29. The third-order valence-corrected chi connectivity index (χ3v) is 2.72. The molecule has 1 aliphatic heterocycles. The standard InChI is InChI=1S/C10H11ClN2O/c1-6-5-7-9(10(11)12-6)8(14)3-4-13(7)2/h5H,3-4H2,1-2H3. The summed E-state index contributed by atoms with van der Waals surface area (Å²) >= 11 is 5.95. The average molecular weight is 211 g/mol. The van der Waals surface area contributed by atoms with Gasteiger partial charge in [0.05, 0.1) is 11.3 Å². The van der Waals surface area contributed by atoms with E-state index in [4.69, 9.17) is 11.6 Å². The van der Waals surface area contributed by atoms with E-state index in [1.807, 2.05) is 24.9 Å². The van der Waals surface area contributed by atoms with Crippen LogP contribution < -0.4 is 4.90 Å². The molecule has 0 unspecified atom stereocenters. The molecule has 0 bridgehead atoms. The van der Waals surface area contributed by atoms with Crippen molar-refractivity contribution in [3.05, 3.63) is 22.5 Å². The van der Waals surface area contributed by atoms with Crippen molar-refractivity contribution < 1.29 is 4.79 Å². The summed E-state index contributed by atoms with van der Waals surface area (Å²) in [7, 11) is 1.96. The van der Waals surface area contributed by atoms with Gasteiger partial charge in [0, 0.05) is 25.7 Å². The predicted molar refractivity (Wildman–Crippen MR) is 56.2 cm³/mol. The lowest BCUT2D eigenvalue weighted by atomic mass is 10.0. The molecule has 0 fully saturated rings. The molecule has 0 aliphatic carbocycles. The van der Waals surface area contributed by atoms with Crippen LogP contribution in [0.2, 0.25) is 5.15 Å². The number of hydrogen-bond acceptors (Lipinski definition) is 3. The normalized spacial score (nSPS) is 15.6. The number of rotatable bonds is 0. The molecule has 74 valence electrons. The highest BCUT2D eigenvalue weighted by Crippen LogP contribution is 2.31. The Balaban J connectivity index is 2.66. The third kappa shape index (κ3) is 1.38. The van der Waals surface area contributed by atoms with Gasteiger partial charge in [-0.1, -0.05) is 11.6 Å². The molecule has 0 amide bonds. The van der Waals surface area contributed by atoms with Crippen molar-refractivity contribution in [3.63, 3.8) is 0 Å². The first-order valence-electron chi connectivity index (χ1n) is 4.51. The number of anilines is 1. The van der Waals surface area contributed by atoms with Crippen LogP contribution in [0.1, 0.15) is 22.5 Å². The second-order valence-corrected chi connectivity index (χ2v) is 3.90. The van der Waals surface area contributed by atoms with Crippen LogP contribution in [0.3, 0.4) is 0 Å². The number of aromatic nitrogens is 1. The first-order valence-corrected chi connectivity index (χ1v) is 4.89. The van der Waals surface area contributed by atoms with Crippen LogP contribution >= 0.6 is 11.6 Å². The number of halogens is 1. The van der Waals surface area contributed by atoms with E-state index in [0.29, 0.717) is 17.1 Å². The van der Waals surface area contributed by atoms with E-state index in [9.17, 15) is 4.79 Å². The van der Waals surface area contributed by atoms with E-state index in [2.05, 4.69) is 4.98 Å². The fraction of sp³-hybridized carbons (Fsp3) is 0.400. The largest absolute Gasteiger partial charge is 0.373 e. The van der Waals surface area contributed by atoms with Gasteiger partial charge >= 0.3 is 0 Å². The van der Waals surface area contributed by atoms with Crippen molar-refractivity contribution in [1.82, 2.24) is 4.98 Å². The van der Waals surface area contributed by atoms with E-state index in [-0.39, 0.29) is 5.78 Å². The molecule has 0 N–H and O–H groups in total. The Hall–Kier alpha value is -1.09. The zero-order valence-electron chi connectivity index (χ0n) is 8.17. The van der Waals surface area contributed by atoms with Crippen LogP contribution in [0.4, 0.5) is 5.69 Å². The van der Waals surface area contributed by atoms with Crippen LogP contribution in [0.15, 0.2) is 6.07 Å². The highest BCUT2D eigenvalue weighted by atomic mass is 35.5. The summed E-state index contributed by atoms with van der Waals surface area (Å²) in [5.41, 5.74) is 2.32. The molecule has 0 aromatic carbocycles. The molecule has 0 saturated carbocycles. The van der Waals surface area contributed by atoms with Crippen LogP contribution in [-0.2, 0) is 0 Å². The van der Waals surface area contributed by atoms with Crippen LogP contribution in [0.5, 0.6) is 0 Å². The number of carbonyl (C=O) groups excluding carboxylic acids is 1. The Morgan fingerprint density at radius 1 is 1.57 bits per heavy atom. The van der Waals surface area contributed by atoms with Gasteiger partial charge in [-0.25, -0.2) is 4.98 Å². The minimum absolute atomic E-state index is 0.0931. The molecule has 2 rings (SSSR count). The third-order valence-electron chi connectivity index (χ3n) is 2.45. The first-order chi connectivity index (χ1) is 6.59. The second-order valence-electron chi connectivity index (χ2n) is 3.54. The molecular formula is C10H11ClN2O. The summed E-state index contributed by atoms with van der Waals surface area (Å²) in [6.45, 7) is 2.63. The number of hydrogen-bond donors (Lipinski definition) is 0. The maximum Gasteiger partial charge on any atom is 0.169 e. The Kier molecular flexibility index (Phi) is 2.19. The zero-order valence-corrected chi connectivity index (χ0v) is 8.93. The van der Waals surface area contributed by atoms with E-state index < -0.39 is 0 Å². The fourth-order valence-electron chi connectivity index (χ4n) is 1.69. The summed E-state index contributed by atoms with van der Waals surface area (Å²) < 4.78 is 0. The summed E-state index contributed by atoms with van der Waals surface area (Å²) in [5, 5.41) is 0.330. The van der Waals surface area contributed by atoms with Gasteiger partial charge in [0.15, 0.2) is 5.78 Å². The molecule has 0 spiro atoms. The molecule has 3 nitrogen and oxygen atoms in total. The van der Waals surface area contributed by atoms with Crippen molar-refractivity contribution in [3.8, 4) is 0 Å². The van der Waals surface area contributed by atoms with Crippen molar-refractivity contribution >= 4 is 23.1 Å². The number of ketones is 1. The molecule has 1 aromatic rings. The summed E-state index contributed by atoms with van der Waals surface area (Å²) in [6.07, 6.45) is 0.522. The highest BCUT2D eigenvalue weighted by Gasteiger charge is 2.24. The number of carbonyl (C=O) groups is 1. The second kappa shape index (κ2) is 3.24. The molecule has 14 heavy (non-hydrogen) atoms. The Morgan fingerprint density at radius 3 is 3.00 bits per heavy atom. The lowest BCUT2D eigenvalue weighted by molar-refractivity contribution is 0.0980. The van der Waals surface area contributed by atoms with E-state index in [0.717, 1.165) is 17.9 Å². The van der Waals surface area contributed by atoms with Gasteiger partial charge in [0.25, 0.3) is 0 Å². The smallest absolute Gasteiger partial charge is 0.169 e. The van der Waals surface area contributed by atoms with E-state index in [1.54, 1.807) is 0 Å². The molecule has 4 heteroatoms. The number of pyridine rings is 1. The maximum absolute atomic E-state index is 11.6. The van der Waals surface area contributed by atoms with Gasteiger partial charge in [-0.2, -0.15) is 0 Å². The van der Waals surface area contributed by atoms with Crippen LogP contribution in [-0.4, -0.2) is 24.4 Å². The molecule has 0 saturated heterocycles. The topological polar surface area (TPSA) is 33.2 Å². The summed E-state index contributed by atoms with van der Waals surface area (Å²) in [5.74, 6) is 0.0931. The zero-order chi connectivity index (χ0) is 10.3. The first kappa shape index (κ1) is 9.46. The predicted octanol–water partition coefficient (Wildman–Crippen LogP) is 2.07. The monoisotopic (exact) mass is 210 g/mol. The van der Waals surface area contributed by atoms with Crippen LogP contribution in [0, 0.1) is 6.92 Å². The number of fused-ring (bicyclic) bond motifs is 1. The number of Topliss-reactive ketones (excluding diaryl/α,β-unsaturated/α-hetero) is 1. The molecule has 1 aromatic heterocycles. The molecule has 0 atom stereocenters. The minimum atomic E-state index is 0.0931. The Labute approximate surface area is 87.7 Å². The summed E-state index contributed by atoms with van der Waals surface area (Å²) in [4.78, 5) is 17.7. The van der Waals surface area contributed by atoms with E-state index in [1.165, 1.54) is 0 Å². The van der Waals surface area contributed by atoms with Gasteiger partial charge in [0.1, 0.15) is 5.15 Å². The highest BCUT2D eigenvalue weighted by molar-refractivity contribution is 6.33. The van der Waals surface area contributed by atoms with Crippen molar-refractivity contribution in [1.29, 1.82) is 0 Å². The molecule has 1 aliphatic rings. The van der Waals surface area contributed by atoms with Gasteiger partial charge in [-0.15, -0.1) is 0 Å².